The Morgan fingerprint density at radius 3 is 2.61 bits per heavy atom. The van der Waals surface area contributed by atoms with Crippen molar-refractivity contribution in [3.8, 4) is 16.9 Å². The van der Waals surface area contributed by atoms with Gasteiger partial charge < -0.3 is 15.2 Å². The minimum Gasteiger partial charge on any atom is -0.493 e. The van der Waals surface area contributed by atoms with Gasteiger partial charge in [0.05, 0.1) is 11.4 Å². The zero-order valence-corrected chi connectivity index (χ0v) is 23.9. The van der Waals surface area contributed by atoms with Gasteiger partial charge in [0.1, 0.15) is 5.75 Å². The Labute approximate surface area is 226 Å². The number of ether oxygens (including phenoxy) is 2. The fraction of sp³-hybridized carbons (Fsp3) is 0.500. The summed E-state index contributed by atoms with van der Waals surface area (Å²) in [6, 6.07) is 12.0. The van der Waals surface area contributed by atoms with E-state index in [1.165, 1.54) is 7.05 Å². The van der Waals surface area contributed by atoms with Gasteiger partial charge in [0.2, 0.25) is 15.9 Å². The minimum absolute atomic E-state index is 0.0928. The Hall–Kier alpha value is -2.95. The molecule has 1 heterocycles. The molecule has 0 bridgehead atoms. The van der Waals surface area contributed by atoms with Crippen LogP contribution in [0.15, 0.2) is 41.4 Å². The molecule has 0 spiro atoms. The van der Waals surface area contributed by atoms with Gasteiger partial charge in [0, 0.05) is 52.3 Å². The van der Waals surface area contributed by atoms with E-state index in [4.69, 9.17) is 15.2 Å². The first kappa shape index (κ1) is 29.6. The van der Waals surface area contributed by atoms with Crippen molar-refractivity contribution in [3.05, 3.63) is 53.1 Å². The average Bonchev–Trinajstić information content (AvgIpc) is 2.88. The predicted molar refractivity (Wildman–Crippen MR) is 151 cm³/mol. The molecule has 9 nitrogen and oxygen atoms in total. The van der Waals surface area contributed by atoms with Crippen LogP contribution in [0.4, 0.5) is 0 Å². The number of nitrogens with zero attached hydrogens (tertiary/aromatic N) is 2. The Kier molecular flexibility index (Phi) is 9.92. The minimum atomic E-state index is -3.42. The lowest BCUT2D eigenvalue weighted by Gasteiger charge is -2.34. The van der Waals surface area contributed by atoms with Crippen LogP contribution in [-0.2, 0) is 38.9 Å². The Bertz CT molecular complexity index is 1270. The molecular weight excluding hydrogens is 504 g/mol. The van der Waals surface area contributed by atoms with Gasteiger partial charge >= 0.3 is 0 Å². The molecule has 0 aliphatic carbocycles. The topological polar surface area (TPSA) is 123 Å². The van der Waals surface area contributed by atoms with Gasteiger partial charge in [-0.3, -0.25) is 15.1 Å². The zero-order chi connectivity index (χ0) is 27.9. The lowest BCUT2D eigenvalue weighted by Crippen LogP contribution is -2.45. The summed E-state index contributed by atoms with van der Waals surface area (Å²) in [5.74, 6) is 0.619. The SMILES string of the molecule is CN=C(N)NC(=O)CCc1ccc(-c2cccc3c2CCN(S(=O)(=O)C(C)(C)C)C3)c(OCCCOC)c1. The molecule has 1 aliphatic heterocycles. The number of methoxy groups -OCH3 is 1. The van der Waals surface area contributed by atoms with Crippen molar-refractivity contribution in [2.45, 2.75) is 57.7 Å². The predicted octanol–water partition coefficient (Wildman–Crippen LogP) is 3.25. The number of carbonyl (C=O) groups excluding carboxylic acids is 1. The molecule has 208 valence electrons. The number of guanidine groups is 1. The van der Waals surface area contributed by atoms with Crippen LogP contribution in [-0.4, -0.2) is 63.3 Å². The summed E-state index contributed by atoms with van der Waals surface area (Å²) >= 11 is 0. The first-order valence-electron chi connectivity index (χ1n) is 12.9. The summed E-state index contributed by atoms with van der Waals surface area (Å²) in [7, 11) is -0.247. The van der Waals surface area contributed by atoms with Crippen molar-refractivity contribution in [1.82, 2.24) is 9.62 Å². The number of aliphatic imine (C=N–C) groups is 1. The average molecular weight is 545 g/mol. The quantitative estimate of drug-likeness (QED) is 0.269. The number of hydrogen-bond donors (Lipinski definition) is 2. The highest BCUT2D eigenvalue weighted by Crippen LogP contribution is 2.38. The molecule has 1 amide bonds. The fourth-order valence-electron chi connectivity index (χ4n) is 4.40. The molecule has 3 N–H and O–H groups in total. The molecule has 10 heteroatoms. The Morgan fingerprint density at radius 1 is 1.16 bits per heavy atom. The second-order valence-corrected chi connectivity index (χ2v) is 13.0. The monoisotopic (exact) mass is 544 g/mol. The van der Waals surface area contributed by atoms with E-state index in [1.54, 1.807) is 32.2 Å². The number of rotatable bonds is 10. The third kappa shape index (κ3) is 7.12. The van der Waals surface area contributed by atoms with E-state index in [2.05, 4.69) is 16.4 Å². The number of aryl methyl sites for hydroxylation is 1. The van der Waals surface area contributed by atoms with Gasteiger partial charge in [-0.1, -0.05) is 30.3 Å². The molecule has 0 fully saturated rings. The van der Waals surface area contributed by atoms with E-state index in [1.807, 2.05) is 30.3 Å². The van der Waals surface area contributed by atoms with E-state index >= 15 is 0 Å². The maximum absolute atomic E-state index is 13.1. The van der Waals surface area contributed by atoms with Gasteiger partial charge in [-0.25, -0.2) is 8.42 Å². The van der Waals surface area contributed by atoms with E-state index in [0.717, 1.165) is 40.0 Å². The van der Waals surface area contributed by atoms with E-state index in [-0.39, 0.29) is 18.3 Å². The summed E-state index contributed by atoms with van der Waals surface area (Å²) in [5.41, 5.74) is 10.7. The van der Waals surface area contributed by atoms with Crippen LogP contribution < -0.4 is 15.8 Å². The zero-order valence-electron chi connectivity index (χ0n) is 23.0. The first-order chi connectivity index (χ1) is 18.0. The van der Waals surface area contributed by atoms with Crippen molar-refractivity contribution in [3.63, 3.8) is 0 Å². The van der Waals surface area contributed by atoms with Crippen molar-refractivity contribution in [2.24, 2.45) is 10.7 Å². The second-order valence-electron chi connectivity index (χ2n) is 10.3. The van der Waals surface area contributed by atoms with Crippen LogP contribution in [0.25, 0.3) is 11.1 Å². The number of nitrogens with two attached hydrogens (primary N) is 1. The van der Waals surface area contributed by atoms with E-state index in [0.29, 0.717) is 39.1 Å². The highest BCUT2D eigenvalue weighted by Gasteiger charge is 2.37. The molecule has 0 aromatic heterocycles. The molecule has 3 rings (SSSR count). The molecule has 2 aromatic carbocycles. The molecule has 1 aliphatic rings. The van der Waals surface area contributed by atoms with Gasteiger partial charge in [-0.15, -0.1) is 0 Å². The van der Waals surface area contributed by atoms with E-state index < -0.39 is 14.8 Å². The lowest BCUT2D eigenvalue weighted by atomic mass is 9.90. The molecule has 0 saturated carbocycles. The number of benzene rings is 2. The van der Waals surface area contributed by atoms with Crippen LogP contribution in [0.5, 0.6) is 5.75 Å². The van der Waals surface area contributed by atoms with Gasteiger partial charge in [0.25, 0.3) is 0 Å². The summed E-state index contributed by atoms with van der Waals surface area (Å²) < 4.78 is 38.3. The molecule has 0 unspecified atom stereocenters. The van der Waals surface area contributed by atoms with Crippen molar-refractivity contribution in [1.29, 1.82) is 0 Å². The van der Waals surface area contributed by atoms with Gasteiger partial charge in [-0.05, 0) is 61.9 Å². The summed E-state index contributed by atoms with van der Waals surface area (Å²) in [5, 5.41) is 2.55. The number of fused-ring (bicyclic) bond motifs is 1. The van der Waals surface area contributed by atoms with Crippen molar-refractivity contribution < 1.29 is 22.7 Å². The first-order valence-corrected chi connectivity index (χ1v) is 14.3. The number of nitrogens with one attached hydrogen (secondary N) is 1. The van der Waals surface area contributed by atoms with Crippen LogP contribution >= 0.6 is 0 Å². The lowest BCUT2D eigenvalue weighted by molar-refractivity contribution is -0.119. The third-order valence-corrected chi connectivity index (χ3v) is 9.12. The molecule has 2 aromatic rings. The number of amides is 1. The maximum Gasteiger partial charge on any atom is 0.226 e. The van der Waals surface area contributed by atoms with Crippen molar-refractivity contribution >= 4 is 21.9 Å². The second kappa shape index (κ2) is 12.7. The standard InChI is InChI=1S/C28H40N4O5S/c1-28(2,3)38(34,35)32-15-14-22-21(19-32)8-6-9-23(22)24-12-10-20(11-13-26(33)31-27(29)30-4)18-25(24)37-17-7-16-36-5/h6,8-10,12,18H,7,11,13-17,19H2,1-5H3,(H3,29,30,31,33). The molecule has 38 heavy (non-hydrogen) atoms. The van der Waals surface area contributed by atoms with Crippen LogP contribution in [0.3, 0.4) is 0 Å². The van der Waals surface area contributed by atoms with Gasteiger partial charge in [-0.2, -0.15) is 4.31 Å². The molecular formula is C28H40N4O5S. The van der Waals surface area contributed by atoms with E-state index in [9.17, 15) is 13.2 Å². The normalized spacial score (nSPS) is 14.7. The number of carbonyl (C=O) groups is 1. The molecule has 0 atom stereocenters. The highest BCUT2D eigenvalue weighted by atomic mass is 32.2. The largest absolute Gasteiger partial charge is 0.493 e. The highest BCUT2D eigenvalue weighted by molar-refractivity contribution is 7.90. The Morgan fingerprint density at radius 2 is 1.92 bits per heavy atom. The van der Waals surface area contributed by atoms with Crippen molar-refractivity contribution in [2.75, 3.05) is 33.9 Å². The number of hydrogen-bond acceptors (Lipinski definition) is 6. The van der Waals surface area contributed by atoms with Crippen LogP contribution in [0, 0.1) is 0 Å². The van der Waals surface area contributed by atoms with Gasteiger partial charge in [0.15, 0.2) is 5.96 Å². The molecule has 0 saturated heterocycles. The summed E-state index contributed by atoms with van der Waals surface area (Å²) in [4.78, 5) is 15.9. The summed E-state index contributed by atoms with van der Waals surface area (Å²) in [6.07, 6.45) is 2.14. The van der Waals surface area contributed by atoms with Crippen LogP contribution in [0.2, 0.25) is 0 Å². The maximum atomic E-state index is 13.1. The Balaban J connectivity index is 1.90. The smallest absolute Gasteiger partial charge is 0.226 e. The number of sulfonamides is 1. The fourth-order valence-corrected chi connectivity index (χ4v) is 5.81. The van der Waals surface area contributed by atoms with Crippen LogP contribution in [0.1, 0.15) is 50.3 Å². The summed E-state index contributed by atoms with van der Waals surface area (Å²) in [6.45, 7) is 7.07. The third-order valence-electron chi connectivity index (χ3n) is 6.58. The molecule has 0 radical (unpaired) electrons.